The van der Waals surface area contributed by atoms with Gasteiger partial charge in [-0.1, -0.05) is 29.3 Å². The van der Waals surface area contributed by atoms with Gasteiger partial charge in [-0.15, -0.1) is 0 Å². The minimum atomic E-state index is -3.65. The minimum absolute atomic E-state index is 0.0869. The highest BCUT2D eigenvalue weighted by Crippen LogP contribution is 2.21. The number of morpholine rings is 1. The number of sulfonamides is 1. The predicted molar refractivity (Wildman–Crippen MR) is 96.5 cm³/mol. The molecule has 2 heterocycles. The highest BCUT2D eigenvalue weighted by molar-refractivity contribution is 7.89. The molecule has 0 spiro atoms. The summed E-state index contributed by atoms with van der Waals surface area (Å²) in [5, 5.41) is 0.925. The third-order valence-corrected chi connectivity index (χ3v) is 5.88. The lowest BCUT2D eigenvalue weighted by atomic mass is 10.2. The van der Waals surface area contributed by atoms with Crippen LogP contribution in [0.3, 0.4) is 0 Å². The monoisotopic (exact) mass is 402 g/mol. The SMILES string of the molecule is O=S(=O)(NCc1ccc(Cl)cc1Cl)c1ccc(N2CCOCC2)[nH+]c1. The van der Waals surface area contributed by atoms with Crippen molar-refractivity contribution < 1.29 is 18.1 Å². The summed E-state index contributed by atoms with van der Waals surface area (Å²) in [6.07, 6.45) is 1.48. The summed E-state index contributed by atoms with van der Waals surface area (Å²) in [5.41, 5.74) is 0.656. The van der Waals surface area contributed by atoms with Gasteiger partial charge in [-0.25, -0.2) is 18.1 Å². The van der Waals surface area contributed by atoms with Crippen LogP contribution in [0, 0.1) is 0 Å². The summed E-state index contributed by atoms with van der Waals surface area (Å²) in [5.74, 6) is 0.864. The molecule has 1 aromatic heterocycles. The Balaban J connectivity index is 1.69. The molecule has 6 nitrogen and oxygen atoms in total. The highest BCUT2D eigenvalue weighted by atomic mass is 35.5. The maximum Gasteiger partial charge on any atom is 0.274 e. The van der Waals surface area contributed by atoms with E-state index in [1.807, 2.05) is 0 Å². The number of halogens is 2. The molecule has 1 saturated heterocycles. The Hall–Kier alpha value is -1.38. The van der Waals surface area contributed by atoms with Crippen molar-refractivity contribution in [3.63, 3.8) is 0 Å². The lowest BCUT2D eigenvalue weighted by Crippen LogP contribution is -2.39. The number of ether oxygens (including phenoxy) is 1. The van der Waals surface area contributed by atoms with Crippen LogP contribution in [0.4, 0.5) is 5.82 Å². The molecule has 0 unspecified atom stereocenters. The largest absolute Gasteiger partial charge is 0.373 e. The molecule has 1 aliphatic rings. The molecule has 2 N–H and O–H groups in total. The number of rotatable bonds is 5. The van der Waals surface area contributed by atoms with Crippen LogP contribution in [0.25, 0.3) is 0 Å². The molecular formula is C16H18Cl2N3O3S+. The molecular weight excluding hydrogens is 385 g/mol. The van der Waals surface area contributed by atoms with Gasteiger partial charge in [0.1, 0.15) is 24.2 Å². The number of anilines is 1. The third kappa shape index (κ3) is 4.62. The first kappa shape index (κ1) is 18.4. The first-order valence-electron chi connectivity index (χ1n) is 7.74. The number of pyridine rings is 1. The number of aromatic nitrogens is 1. The van der Waals surface area contributed by atoms with E-state index in [1.54, 1.807) is 30.3 Å². The Labute approximate surface area is 156 Å². The Morgan fingerprint density at radius 1 is 1.16 bits per heavy atom. The fourth-order valence-corrected chi connectivity index (χ4v) is 3.94. The zero-order valence-corrected chi connectivity index (χ0v) is 15.7. The van der Waals surface area contributed by atoms with Crippen LogP contribution >= 0.6 is 23.2 Å². The molecule has 25 heavy (non-hydrogen) atoms. The number of H-pyrrole nitrogens is 1. The van der Waals surface area contributed by atoms with Gasteiger partial charge in [0.05, 0.1) is 13.2 Å². The molecule has 2 aromatic rings. The number of hydrogen-bond acceptors (Lipinski definition) is 4. The standard InChI is InChI=1S/C16H17Cl2N3O3S/c17-13-2-1-12(15(18)9-13)10-20-25(22,23)14-3-4-16(19-11-14)21-5-7-24-8-6-21/h1-4,9,11,20H,5-8,10H2/p+1. The van der Waals surface area contributed by atoms with Crippen LogP contribution in [-0.4, -0.2) is 34.7 Å². The number of hydrogen-bond donors (Lipinski definition) is 1. The lowest BCUT2D eigenvalue weighted by molar-refractivity contribution is -0.367. The summed E-state index contributed by atoms with van der Waals surface area (Å²) in [7, 11) is -3.65. The number of benzene rings is 1. The molecule has 0 bridgehead atoms. The van der Waals surface area contributed by atoms with Crippen molar-refractivity contribution in [3.8, 4) is 0 Å². The van der Waals surface area contributed by atoms with Gasteiger partial charge in [0.25, 0.3) is 5.82 Å². The topological polar surface area (TPSA) is 72.8 Å². The van der Waals surface area contributed by atoms with Crippen LogP contribution in [0.5, 0.6) is 0 Å². The fourth-order valence-electron chi connectivity index (χ4n) is 2.49. The second-order valence-electron chi connectivity index (χ2n) is 5.57. The highest BCUT2D eigenvalue weighted by Gasteiger charge is 2.21. The van der Waals surface area contributed by atoms with Gasteiger partial charge >= 0.3 is 0 Å². The average Bonchev–Trinajstić information content (AvgIpc) is 2.62. The van der Waals surface area contributed by atoms with E-state index in [9.17, 15) is 8.42 Å². The lowest BCUT2D eigenvalue weighted by Gasteiger charge is -2.21. The van der Waals surface area contributed by atoms with Crippen LogP contribution in [-0.2, 0) is 21.3 Å². The van der Waals surface area contributed by atoms with E-state index in [-0.39, 0.29) is 11.4 Å². The molecule has 1 aliphatic heterocycles. The quantitative estimate of drug-likeness (QED) is 0.830. The first-order chi connectivity index (χ1) is 12.0. The van der Waals surface area contributed by atoms with Crippen LogP contribution in [0.1, 0.15) is 5.56 Å². The zero-order valence-electron chi connectivity index (χ0n) is 13.3. The van der Waals surface area contributed by atoms with Crippen molar-refractivity contribution in [2.45, 2.75) is 11.4 Å². The summed E-state index contributed by atoms with van der Waals surface area (Å²) in [4.78, 5) is 5.31. The van der Waals surface area contributed by atoms with Crippen molar-refractivity contribution in [1.82, 2.24) is 4.72 Å². The average molecular weight is 403 g/mol. The maximum absolute atomic E-state index is 12.4. The molecule has 134 valence electrons. The fraction of sp³-hybridized carbons (Fsp3) is 0.312. The Kier molecular flexibility index (Phi) is 5.81. The smallest absolute Gasteiger partial charge is 0.274 e. The Bertz CT molecular complexity index is 838. The molecule has 0 saturated carbocycles. The molecule has 9 heteroatoms. The van der Waals surface area contributed by atoms with Gasteiger partial charge in [-0.3, -0.25) is 4.90 Å². The minimum Gasteiger partial charge on any atom is -0.373 e. The van der Waals surface area contributed by atoms with Crippen LogP contribution < -0.4 is 14.6 Å². The summed E-state index contributed by atoms with van der Waals surface area (Å²) in [6, 6.07) is 8.28. The van der Waals surface area contributed by atoms with Gasteiger partial charge in [0.15, 0.2) is 0 Å². The normalized spacial score (nSPS) is 15.4. The molecule has 3 rings (SSSR count). The van der Waals surface area contributed by atoms with E-state index < -0.39 is 10.0 Å². The third-order valence-electron chi connectivity index (χ3n) is 3.90. The van der Waals surface area contributed by atoms with Gasteiger partial charge in [-0.05, 0) is 23.8 Å². The van der Waals surface area contributed by atoms with Crippen molar-refractivity contribution in [3.05, 3.63) is 52.1 Å². The van der Waals surface area contributed by atoms with E-state index in [4.69, 9.17) is 27.9 Å². The van der Waals surface area contributed by atoms with E-state index in [2.05, 4.69) is 14.6 Å². The Morgan fingerprint density at radius 3 is 2.56 bits per heavy atom. The molecule has 0 amide bonds. The molecule has 0 radical (unpaired) electrons. The van der Waals surface area contributed by atoms with E-state index in [0.29, 0.717) is 28.8 Å². The van der Waals surface area contributed by atoms with Crippen LogP contribution in [0.15, 0.2) is 41.4 Å². The van der Waals surface area contributed by atoms with Crippen molar-refractivity contribution in [2.24, 2.45) is 0 Å². The van der Waals surface area contributed by atoms with Gasteiger partial charge in [0.2, 0.25) is 10.0 Å². The summed E-state index contributed by atoms with van der Waals surface area (Å²) >= 11 is 11.9. The maximum atomic E-state index is 12.4. The predicted octanol–water partition coefficient (Wildman–Crippen LogP) is 2.12. The van der Waals surface area contributed by atoms with E-state index in [1.165, 1.54) is 6.20 Å². The number of nitrogens with zero attached hydrogens (tertiary/aromatic N) is 1. The van der Waals surface area contributed by atoms with E-state index in [0.717, 1.165) is 18.9 Å². The molecule has 0 atom stereocenters. The zero-order chi connectivity index (χ0) is 17.9. The van der Waals surface area contributed by atoms with Gasteiger partial charge in [0, 0.05) is 22.7 Å². The second kappa shape index (κ2) is 7.88. The molecule has 0 aliphatic carbocycles. The first-order valence-corrected chi connectivity index (χ1v) is 9.98. The van der Waals surface area contributed by atoms with Gasteiger partial charge < -0.3 is 4.74 Å². The van der Waals surface area contributed by atoms with Crippen LogP contribution in [0.2, 0.25) is 10.0 Å². The second-order valence-corrected chi connectivity index (χ2v) is 8.18. The van der Waals surface area contributed by atoms with Gasteiger partial charge in [-0.2, -0.15) is 0 Å². The van der Waals surface area contributed by atoms with Crippen molar-refractivity contribution in [2.75, 3.05) is 31.2 Å². The summed E-state index contributed by atoms with van der Waals surface area (Å²) in [6.45, 7) is 2.96. The number of aromatic amines is 1. The number of nitrogens with one attached hydrogen (secondary N) is 2. The summed E-state index contributed by atoms with van der Waals surface area (Å²) < 4.78 is 32.7. The van der Waals surface area contributed by atoms with Crippen molar-refractivity contribution in [1.29, 1.82) is 0 Å². The molecule has 1 fully saturated rings. The van der Waals surface area contributed by atoms with Crippen molar-refractivity contribution >= 4 is 39.0 Å². The van der Waals surface area contributed by atoms with E-state index >= 15 is 0 Å². The Morgan fingerprint density at radius 2 is 1.92 bits per heavy atom. The molecule has 1 aromatic carbocycles.